The van der Waals surface area contributed by atoms with Gasteiger partial charge in [-0.15, -0.1) is 6.07 Å². The van der Waals surface area contributed by atoms with E-state index in [4.69, 9.17) is 9.40 Å². The normalized spacial score (nSPS) is 12.3. The first-order chi connectivity index (χ1) is 25.3. The van der Waals surface area contributed by atoms with E-state index >= 15 is 0 Å². The van der Waals surface area contributed by atoms with Crippen molar-refractivity contribution in [2.75, 3.05) is 0 Å². The van der Waals surface area contributed by atoms with Crippen molar-refractivity contribution in [1.29, 1.82) is 0 Å². The standard InChI is InChI=1S/C33H29N2O.C15H28O2.Ir/c1-21(2)26-18-24(23-12-6-5-7-13-23)19-27(22(3)4)32(26)35-30-16-10-9-15-29(30)34-33(35)28-20-36-31-17-11-8-14-25(28)31;1-7-14(5,8-2)12(16)11-13(17)15(6,9-3)10-4;/h5-19,21-22H,1-4H3;11,16H,7-10H2,1-6H3;/q-1;;/b;12-11-;. The maximum absolute atomic E-state index is 12.2. The molecule has 0 saturated heterocycles. The molecule has 0 fully saturated rings. The molecule has 6 aromatic rings. The van der Waals surface area contributed by atoms with Crippen LogP contribution < -0.4 is 0 Å². The Labute approximate surface area is 336 Å². The van der Waals surface area contributed by atoms with Crippen LogP contribution in [0.2, 0.25) is 0 Å². The number of carbonyl (C=O) groups excluding carboxylic acids is 1. The van der Waals surface area contributed by atoms with E-state index < -0.39 is 0 Å². The number of carbonyl (C=O) groups is 1. The van der Waals surface area contributed by atoms with Gasteiger partial charge in [-0.3, -0.25) is 9.78 Å². The molecule has 0 atom stereocenters. The van der Waals surface area contributed by atoms with Crippen molar-refractivity contribution in [2.45, 2.75) is 107 Å². The molecule has 0 bridgehead atoms. The molecule has 54 heavy (non-hydrogen) atoms. The molecule has 2 heterocycles. The molecule has 0 saturated carbocycles. The van der Waals surface area contributed by atoms with Gasteiger partial charge < -0.3 is 14.1 Å². The molecule has 0 spiro atoms. The van der Waals surface area contributed by atoms with E-state index in [0.29, 0.717) is 11.8 Å². The Morgan fingerprint density at radius 3 is 1.89 bits per heavy atom. The zero-order valence-corrected chi connectivity index (χ0v) is 36.1. The molecule has 2 aromatic heterocycles. The van der Waals surface area contributed by atoms with Crippen molar-refractivity contribution in [3.8, 4) is 28.2 Å². The molecule has 0 aliphatic rings. The molecule has 1 N–H and O–H groups in total. The summed E-state index contributed by atoms with van der Waals surface area (Å²) in [5.74, 6) is 1.78. The number of aliphatic hydroxyl groups excluding tert-OH is 1. The molecule has 0 unspecified atom stereocenters. The molecule has 1 radical (unpaired) electrons. The van der Waals surface area contributed by atoms with Gasteiger partial charge >= 0.3 is 0 Å². The van der Waals surface area contributed by atoms with E-state index in [1.807, 2.05) is 65.8 Å². The molecule has 287 valence electrons. The fraction of sp³-hybridized carbons (Fsp3) is 0.375. The minimum absolute atomic E-state index is 0. The Morgan fingerprint density at radius 1 is 0.778 bits per heavy atom. The van der Waals surface area contributed by atoms with Gasteiger partial charge in [-0.2, -0.15) is 0 Å². The molecule has 6 rings (SSSR count). The Morgan fingerprint density at radius 2 is 1.31 bits per heavy atom. The average Bonchev–Trinajstić information content (AvgIpc) is 3.78. The van der Waals surface area contributed by atoms with Crippen LogP contribution in [0.25, 0.3) is 50.2 Å². The van der Waals surface area contributed by atoms with Gasteiger partial charge in [0.2, 0.25) is 0 Å². The number of hydrogen-bond donors (Lipinski definition) is 1. The number of aliphatic hydroxyl groups is 1. The molecular weight excluding hydrogens is 845 g/mol. The number of furan rings is 1. The molecule has 5 nitrogen and oxygen atoms in total. The summed E-state index contributed by atoms with van der Waals surface area (Å²) in [5.41, 5.74) is 9.45. The van der Waals surface area contributed by atoms with Crippen LogP contribution in [0.5, 0.6) is 0 Å². The van der Waals surface area contributed by atoms with Gasteiger partial charge in [0.15, 0.2) is 5.78 Å². The van der Waals surface area contributed by atoms with Gasteiger partial charge in [0.05, 0.1) is 16.9 Å². The van der Waals surface area contributed by atoms with Crippen LogP contribution in [0.4, 0.5) is 0 Å². The summed E-state index contributed by atoms with van der Waals surface area (Å²) >= 11 is 0. The van der Waals surface area contributed by atoms with Crippen LogP contribution in [-0.2, 0) is 24.9 Å². The molecule has 0 aliphatic heterocycles. The van der Waals surface area contributed by atoms with Gasteiger partial charge in [0.25, 0.3) is 0 Å². The summed E-state index contributed by atoms with van der Waals surface area (Å²) in [6.45, 7) is 21.2. The Bertz CT molecular complexity index is 2170. The van der Waals surface area contributed by atoms with Crippen LogP contribution >= 0.6 is 0 Å². The van der Waals surface area contributed by atoms with Crippen molar-refractivity contribution >= 4 is 27.8 Å². The van der Waals surface area contributed by atoms with E-state index in [2.05, 4.69) is 105 Å². The number of ketones is 1. The van der Waals surface area contributed by atoms with Crippen LogP contribution in [0.1, 0.15) is 118 Å². The van der Waals surface area contributed by atoms with E-state index in [9.17, 15) is 9.90 Å². The van der Waals surface area contributed by atoms with Gasteiger partial charge in [0, 0.05) is 54.5 Å². The minimum atomic E-state index is -0.337. The predicted molar refractivity (Wildman–Crippen MR) is 222 cm³/mol. The summed E-state index contributed by atoms with van der Waals surface area (Å²) < 4.78 is 8.18. The van der Waals surface area contributed by atoms with E-state index in [1.165, 1.54) is 34.0 Å². The van der Waals surface area contributed by atoms with Crippen LogP contribution in [0.3, 0.4) is 0 Å². The smallest absolute Gasteiger partial charge is 0.164 e. The number of rotatable bonds is 12. The van der Waals surface area contributed by atoms with Gasteiger partial charge in [0.1, 0.15) is 5.76 Å². The maximum Gasteiger partial charge on any atom is 0.164 e. The van der Waals surface area contributed by atoms with Crippen molar-refractivity contribution in [3.05, 3.63) is 120 Å². The molecule has 0 amide bonds. The topological polar surface area (TPSA) is 68.3 Å². The quantitative estimate of drug-likeness (QED) is 0.0755. The summed E-state index contributed by atoms with van der Waals surface area (Å²) in [6.07, 6.45) is 7.93. The third-order valence-electron chi connectivity index (χ3n) is 11.5. The maximum atomic E-state index is 12.2. The minimum Gasteiger partial charge on any atom is -0.557 e. The van der Waals surface area contributed by atoms with Crippen molar-refractivity contribution < 1.29 is 34.4 Å². The zero-order valence-electron chi connectivity index (χ0n) is 33.7. The second-order valence-corrected chi connectivity index (χ2v) is 15.4. The number of hydrogen-bond acceptors (Lipinski definition) is 4. The van der Waals surface area contributed by atoms with Gasteiger partial charge in [-0.1, -0.05) is 141 Å². The van der Waals surface area contributed by atoms with E-state index in [-0.39, 0.29) is 42.5 Å². The Balaban J connectivity index is 0.000000309. The third kappa shape index (κ3) is 8.51. The van der Waals surface area contributed by atoms with Gasteiger partial charge in [-0.25, -0.2) is 0 Å². The first-order valence-corrected chi connectivity index (χ1v) is 19.4. The number of benzene rings is 4. The fourth-order valence-corrected chi connectivity index (χ4v) is 6.81. The predicted octanol–water partition coefficient (Wildman–Crippen LogP) is 13.8. The second kappa shape index (κ2) is 17.9. The molecular formula is C48H57IrN2O3-. The number of fused-ring (bicyclic) bond motifs is 2. The van der Waals surface area contributed by atoms with Crippen molar-refractivity contribution in [3.63, 3.8) is 0 Å². The number of para-hydroxylation sites is 3. The van der Waals surface area contributed by atoms with Gasteiger partial charge in [-0.05, 0) is 84.0 Å². The number of imidazole rings is 1. The molecule has 4 aromatic carbocycles. The number of aromatic nitrogens is 2. The van der Waals surface area contributed by atoms with Crippen LogP contribution in [0.15, 0.2) is 107 Å². The summed E-state index contributed by atoms with van der Waals surface area (Å²) in [5, 5.41) is 11.2. The first-order valence-electron chi connectivity index (χ1n) is 19.4. The number of allylic oxidation sites excluding steroid dienone is 2. The van der Waals surface area contributed by atoms with E-state index in [0.717, 1.165) is 59.1 Å². The van der Waals surface area contributed by atoms with Crippen molar-refractivity contribution in [2.24, 2.45) is 10.8 Å². The molecule has 6 heteroatoms. The van der Waals surface area contributed by atoms with Crippen LogP contribution in [-0.4, -0.2) is 20.4 Å². The Hall–Kier alpha value is -4.25. The van der Waals surface area contributed by atoms with E-state index in [1.54, 1.807) is 0 Å². The fourth-order valence-electron chi connectivity index (χ4n) is 6.81. The monoisotopic (exact) mass is 902 g/mol. The third-order valence-corrected chi connectivity index (χ3v) is 11.5. The summed E-state index contributed by atoms with van der Waals surface area (Å²) in [6, 6.07) is 31.8. The second-order valence-electron chi connectivity index (χ2n) is 15.4. The first kappa shape index (κ1) is 42.5. The zero-order chi connectivity index (χ0) is 38.5. The van der Waals surface area contributed by atoms with Crippen LogP contribution in [0, 0.1) is 17.1 Å². The largest absolute Gasteiger partial charge is 0.557 e. The SMILES string of the molecule is CC(C)c1cc(-c2ccccc2)cc(C(C)C)c1-n1c(-c2[c-]oc3ccccc23)nc2ccccc21.CCC(C)(CC)C(=O)/C=C(\O)C(C)(CC)CC.[Ir]. The average molecular weight is 902 g/mol. The Kier molecular flexibility index (Phi) is 14.1. The molecule has 0 aliphatic carbocycles. The summed E-state index contributed by atoms with van der Waals surface area (Å²) in [7, 11) is 0. The number of nitrogens with zero attached hydrogens (tertiary/aromatic N) is 2. The summed E-state index contributed by atoms with van der Waals surface area (Å²) in [4.78, 5) is 17.3. The van der Waals surface area contributed by atoms with Crippen molar-refractivity contribution in [1.82, 2.24) is 9.55 Å².